The number of hydrogen-bond donors (Lipinski definition) is 2. The van der Waals surface area contributed by atoms with Crippen LogP contribution < -0.4 is 11.1 Å². The van der Waals surface area contributed by atoms with Gasteiger partial charge >= 0.3 is 0 Å². The van der Waals surface area contributed by atoms with Crippen molar-refractivity contribution in [3.8, 4) is 11.1 Å². The maximum absolute atomic E-state index is 12.6. The maximum atomic E-state index is 12.6. The van der Waals surface area contributed by atoms with E-state index in [1.54, 1.807) is 0 Å². The zero-order valence-corrected chi connectivity index (χ0v) is 14.8. The van der Waals surface area contributed by atoms with Crippen LogP contribution in [0.4, 0.5) is 5.00 Å². The summed E-state index contributed by atoms with van der Waals surface area (Å²) in [5.74, 6) is -0.388. The Kier molecular flexibility index (Phi) is 4.31. The molecule has 2 amide bonds. The SMILES string of the molecule is NC(=O)c1c(-c2ccccc2)csc1NC(=O)C1CC1c1ccccc1. The fourth-order valence-corrected chi connectivity index (χ4v) is 4.26. The molecule has 0 spiro atoms. The minimum Gasteiger partial charge on any atom is -0.365 e. The van der Waals surface area contributed by atoms with Crippen molar-refractivity contribution < 1.29 is 9.59 Å². The first kappa shape index (κ1) is 16.5. The fraction of sp³-hybridized carbons (Fsp3) is 0.143. The molecular weight excluding hydrogens is 344 g/mol. The number of nitrogens with one attached hydrogen (secondary N) is 1. The zero-order chi connectivity index (χ0) is 18.1. The number of nitrogens with two attached hydrogens (primary N) is 1. The van der Waals surface area contributed by atoms with E-state index in [9.17, 15) is 9.59 Å². The summed E-state index contributed by atoms with van der Waals surface area (Å²) in [5, 5.41) is 5.32. The summed E-state index contributed by atoms with van der Waals surface area (Å²) in [6.07, 6.45) is 0.832. The zero-order valence-electron chi connectivity index (χ0n) is 14.0. The molecule has 26 heavy (non-hydrogen) atoms. The predicted molar refractivity (Wildman–Crippen MR) is 104 cm³/mol. The average Bonchev–Trinajstić information content (AvgIpc) is 3.37. The molecule has 0 aliphatic heterocycles. The molecule has 130 valence electrons. The number of primary amides is 1. The maximum Gasteiger partial charge on any atom is 0.252 e. The van der Waals surface area contributed by atoms with E-state index in [2.05, 4.69) is 5.32 Å². The van der Waals surface area contributed by atoms with Crippen LogP contribution in [-0.4, -0.2) is 11.8 Å². The van der Waals surface area contributed by atoms with Crippen molar-refractivity contribution in [1.29, 1.82) is 0 Å². The largest absolute Gasteiger partial charge is 0.365 e. The highest BCUT2D eigenvalue weighted by Gasteiger charge is 2.44. The topological polar surface area (TPSA) is 72.2 Å². The van der Waals surface area contributed by atoms with Gasteiger partial charge in [-0.1, -0.05) is 60.7 Å². The van der Waals surface area contributed by atoms with Crippen LogP contribution in [0.3, 0.4) is 0 Å². The molecule has 1 aromatic heterocycles. The fourth-order valence-electron chi connectivity index (χ4n) is 3.28. The van der Waals surface area contributed by atoms with E-state index in [0.29, 0.717) is 10.6 Å². The molecule has 2 atom stereocenters. The third kappa shape index (κ3) is 3.13. The lowest BCUT2D eigenvalue weighted by Gasteiger charge is -2.07. The number of carbonyl (C=O) groups excluding carboxylic acids is 2. The van der Waals surface area contributed by atoms with Gasteiger partial charge in [0.1, 0.15) is 5.00 Å². The molecule has 2 aromatic carbocycles. The second kappa shape index (κ2) is 6.77. The lowest BCUT2D eigenvalue weighted by molar-refractivity contribution is -0.117. The predicted octanol–water partition coefficient (Wildman–Crippen LogP) is 4.26. The monoisotopic (exact) mass is 362 g/mol. The van der Waals surface area contributed by atoms with Crippen LogP contribution in [-0.2, 0) is 4.79 Å². The van der Waals surface area contributed by atoms with E-state index in [1.165, 1.54) is 16.9 Å². The molecule has 0 bridgehead atoms. The molecule has 1 fully saturated rings. The van der Waals surface area contributed by atoms with Gasteiger partial charge in [-0.15, -0.1) is 11.3 Å². The Labute approximate surface area is 155 Å². The molecule has 3 N–H and O–H groups in total. The van der Waals surface area contributed by atoms with E-state index >= 15 is 0 Å². The molecule has 5 heteroatoms. The molecule has 1 aliphatic rings. The van der Waals surface area contributed by atoms with E-state index in [0.717, 1.165) is 17.5 Å². The van der Waals surface area contributed by atoms with Crippen LogP contribution in [0.15, 0.2) is 66.0 Å². The highest BCUT2D eigenvalue weighted by Crippen LogP contribution is 2.48. The molecule has 1 aliphatic carbocycles. The van der Waals surface area contributed by atoms with Gasteiger partial charge in [-0.3, -0.25) is 9.59 Å². The summed E-state index contributed by atoms with van der Waals surface area (Å²) in [7, 11) is 0. The standard InChI is InChI=1S/C21H18N2O2S/c22-19(24)18-17(14-9-5-2-6-10-14)12-26-21(18)23-20(25)16-11-15(16)13-7-3-1-4-8-13/h1-10,12,15-16H,11H2,(H2,22,24)(H,23,25). The third-order valence-corrected chi connectivity index (χ3v) is 5.61. The number of hydrogen-bond acceptors (Lipinski definition) is 3. The van der Waals surface area contributed by atoms with Gasteiger partial charge in [-0.25, -0.2) is 0 Å². The van der Waals surface area contributed by atoms with Gasteiger partial charge in [0.25, 0.3) is 5.91 Å². The Bertz CT molecular complexity index is 951. The Hall–Kier alpha value is -2.92. The van der Waals surface area contributed by atoms with Gasteiger partial charge in [-0.05, 0) is 23.5 Å². The van der Waals surface area contributed by atoms with Crippen molar-refractivity contribution in [3.05, 3.63) is 77.2 Å². The minimum absolute atomic E-state index is 0.0529. The van der Waals surface area contributed by atoms with Crippen LogP contribution in [0, 0.1) is 5.92 Å². The van der Waals surface area contributed by atoms with Crippen molar-refractivity contribution in [2.75, 3.05) is 5.32 Å². The Morgan fingerprint density at radius 1 is 1.00 bits per heavy atom. The normalized spacial score (nSPS) is 18.3. The number of carbonyl (C=O) groups is 2. The molecule has 4 rings (SSSR count). The summed E-state index contributed by atoms with van der Waals surface area (Å²) in [6, 6.07) is 19.6. The Balaban J connectivity index is 1.55. The second-order valence-electron chi connectivity index (χ2n) is 6.43. The quantitative estimate of drug-likeness (QED) is 0.712. The number of thiophene rings is 1. The molecule has 4 nitrogen and oxygen atoms in total. The lowest BCUT2D eigenvalue weighted by atomic mass is 10.0. The molecule has 2 unspecified atom stereocenters. The van der Waals surface area contributed by atoms with Crippen molar-refractivity contribution in [2.24, 2.45) is 11.7 Å². The van der Waals surface area contributed by atoms with Gasteiger partial charge in [0.2, 0.25) is 5.91 Å². The summed E-state index contributed by atoms with van der Waals surface area (Å²) >= 11 is 1.34. The highest BCUT2D eigenvalue weighted by molar-refractivity contribution is 7.15. The van der Waals surface area contributed by atoms with Crippen molar-refractivity contribution in [3.63, 3.8) is 0 Å². The van der Waals surface area contributed by atoms with Crippen LogP contribution in [0.1, 0.15) is 28.3 Å². The molecular formula is C21H18N2O2S. The van der Waals surface area contributed by atoms with Gasteiger partial charge in [0.15, 0.2) is 0 Å². The van der Waals surface area contributed by atoms with Crippen LogP contribution >= 0.6 is 11.3 Å². The van der Waals surface area contributed by atoms with Crippen molar-refractivity contribution >= 4 is 28.2 Å². The van der Waals surface area contributed by atoms with E-state index in [4.69, 9.17) is 5.73 Å². The molecule has 1 saturated carbocycles. The first-order valence-electron chi connectivity index (χ1n) is 8.47. The van der Waals surface area contributed by atoms with Crippen LogP contribution in [0.5, 0.6) is 0 Å². The van der Waals surface area contributed by atoms with Gasteiger partial charge in [0.05, 0.1) is 5.56 Å². The summed E-state index contributed by atoms with van der Waals surface area (Å²) in [6.45, 7) is 0. The van der Waals surface area contributed by atoms with Crippen LogP contribution in [0.2, 0.25) is 0 Å². The lowest BCUT2D eigenvalue weighted by Crippen LogP contribution is -2.18. The number of rotatable bonds is 5. The van der Waals surface area contributed by atoms with Gasteiger partial charge < -0.3 is 11.1 Å². The number of anilines is 1. The third-order valence-electron chi connectivity index (χ3n) is 4.71. The summed E-state index contributed by atoms with van der Waals surface area (Å²) in [4.78, 5) is 24.6. The minimum atomic E-state index is -0.532. The Morgan fingerprint density at radius 3 is 2.31 bits per heavy atom. The van der Waals surface area contributed by atoms with Gasteiger partial charge in [0, 0.05) is 16.9 Å². The smallest absolute Gasteiger partial charge is 0.252 e. The van der Waals surface area contributed by atoms with E-state index in [1.807, 2.05) is 66.0 Å². The van der Waals surface area contributed by atoms with Crippen molar-refractivity contribution in [1.82, 2.24) is 0 Å². The molecule has 3 aromatic rings. The highest BCUT2D eigenvalue weighted by atomic mass is 32.1. The number of benzene rings is 2. The van der Waals surface area contributed by atoms with Crippen molar-refractivity contribution in [2.45, 2.75) is 12.3 Å². The van der Waals surface area contributed by atoms with Gasteiger partial charge in [-0.2, -0.15) is 0 Å². The van der Waals surface area contributed by atoms with Crippen LogP contribution in [0.25, 0.3) is 11.1 Å². The first-order valence-corrected chi connectivity index (χ1v) is 9.35. The summed E-state index contributed by atoms with van der Waals surface area (Å²) in [5.41, 5.74) is 8.83. The number of amides is 2. The molecule has 0 radical (unpaired) electrons. The van der Waals surface area contributed by atoms with E-state index < -0.39 is 5.91 Å². The molecule has 1 heterocycles. The summed E-state index contributed by atoms with van der Waals surface area (Å²) < 4.78 is 0. The van der Waals surface area contributed by atoms with E-state index in [-0.39, 0.29) is 17.7 Å². The first-order chi connectivity index (χ1) is 12.6. The second-order valence-corrected chi connectivity index (χ2v) is 7.31. The molecule has 0 saturated heterocycles. The Morgan fingerprint density at radius 2 is 1.65 bits per heavy atom. The average molecular weight is 362 g/mol.